The molecule has 2 rings (SSSR count). The van der Waals surface area contributed by atoms with Crippen LogP contribution in [-0.4, -0.2) is 71.2 Å². The zero-order valence-electron chi connectivity index (χ0n) is 15.9. The first-order chi connectivity index (χ1) is 13.5. The number of esters is 2. The van der Waals surface area contributed by atoms with E-state index in [-0.39, 0.29) is 25.3 Å². The summed E-state index contributed by atoms with van der Waals surface area (Å²) in [6.07, 6.45) is 0.167. The summed E-state index contributed by atoms with van der Waals surface area (Å²) in [5.41, 5.74) is -1.62. The molecule has 1 amide bonds. The van der Waals surface area contributed by atoms with Crippen molar-refractivity contribution in [2.75, 3.05) is 27.4 Å². The molecule has 1 heterocycles. The summed E-state index contributed by atoms with van der Waals surface area (Å²) in [5.74, 6) is -3.85. The van der Waals surface area contributed by atoms with Crippen LogP contribution in [0.2, 0.25) is 0 Å². The van der Waals surface area contributed by atoms with E-state index in [0.717, 1.165) is 19.1 Å². The number of piperidine rings is 1. The summed E-state index contributed by atoms with van der Waals surface area (Å²) < 4.78 is 12.8. The van der Waals surface area contributed by atoms with Crippen molar-refractivity contribution in [3.63, 3.8) is 0 Å². The Hall–Kier alpha value is -1.45. The summed E-state index contributed by atoms with van der Waals surface area (Å²) in [6, 6.07) is -1.33. The van der Waals surface area contributed by atoms with E-state index in [1.165, 1.54) is 0 Å². The van der Waals surface area contributed by atoms with E-state index in [0.29, 0.717) is 12.8 Å². The van der Waals surface area contributed by atoms with Gasteiger partial charge in [0, 0.05) is 6.54 Å². The fraction of sp³-hybridized carbons (Fsp3) is 0.765. The molecule has 3 atom stereocenters. The average molecular weight is 475 g/mol. The minimum atomic E-state index is -1.84. The van der Waals surface area contributed by atoms with Crippen molar-refractivity contribution in [2.24, 2.45) is 17.3 Å². The molecule has 1 aliphatic heterocycles. The summed E-state index contributed by atoms with van der Waals surface area (Å²) in [4.78, 5) is 50.6. The number of hydrogen-bond acceptors (Lipinski definition) is 7. The van der Waals surface area contributed by atoms with Crippen LogP contribution in [0.5, 0.6) is 0 Å². The van der Waals surface area contributed by atoms with Crippen molar-refractivity contribution in [3.05, 3.63) is 0 Å². The number of rotatable bonds is 4. The quantitative estimate of drug-likeness (QED) is 0.285. The molecule has 1 saturated carbocycles. The molecule has 0 radical (unpaired) electrons. The normalized spacial score (nSPS) is 26.1. The third-order valence-corrected chi connectivity index (χ3v) is 5.94. The number of ether oxygens (including phenoxy) is 3. The largest absolute Gasteiger partial charge is 0.480 e. The molecule has 0 aromatic carbocycles. The van der Waals surface area contributed by atoms with Crippen molar-refractivity contribution < 1.29 is 38.5 Å². The molecule has 29 heavy (non-hydrogen) atoms. The highest BCUT2D eigenvalue weighted by Gasteiger charge is 2.61. The second-order valence-electron chi connectivity index (χ2n) is 7.13. The third-order valence-electron chi connectivity index (χ3n) is 5.61. The van der Waals surface area contributed by atoms with Crippen LogP contribution in [0.25, 0.3) is 0 Å². The van der Waals surface area contributed by atoms with Gasteiger partial charge in [-0.15, -0.1) is 0 Å². The Morgan fingerprint density at radius 2 is 1.72 bits per heavy atom. The molecule has 12 heteroatoms. The minimum absolute atomic E-state index is 0.0317. The van der Waals surface area contributed by atoms with E-state index in [1.54, 1.807) is 0 Å². The molecule has 0 aromatic heterocycles. The predicted octanol–water partition coefficient (Wildman–Crippen LogP) is 2.40. The highest BCUT2D eigenvalue weighted by atomic mass is 35.6. The number of hydrogen-bond donors (Lipinski definition) is 1. The van der Waals surface area contributed by atoms with Gasteiger partial charge >= 0.3 is 24.0 Å². The first kappa shape index (κ1) is 23.8. The van der Waals surface area contributed by atoms with Gasteiger partial charge in [0.25, 0.3) is 0 Å². The number of likely N-dealkylation sites (tertiary alicyclic amines) is 1. The Kier molecular flexibility index (Phi) is 7.51. The molecule has 1 saturated heterocycles. The Morgan fingerprint density at radius 3 is 2.21 bits per heavy atom. The van der Waals surface area contributed by atoms with Gasteiger partial charge in [0.05, 0.1) is 14.2 Å². The van der Waals surface area contributed by atoms with Gasteiger partial charge in [-0.2, -0.15) is 0 Å². The molecule has 164 valence electrons. The van der Waals surface area contributed by atoms with Gasteiger partial charge in [-0.3, -0.25) is 14.5 Å². The Balaban J connectivity index is 2.35. The van der Waals surface area contributed by atoms with E-state index in [2.05, 4.69) is 0 Å². The molecule has 0 bridgehead atoms. The molecule has 0 unspecified atom stereocenters. The number of fused-ring (bicyclic) bond motifs is 1. The Bertz CT molecular complexity index is 664. The number of methoxy groups -OCH3 is 2. The molecule has 2 aliphatic rings. The molecule has 9 nitrogen and oxygen atoms in total. The number of carbonyl (C=O) groups excluding carboxylic acids is 3. The molecule has 0 spiro atoms. The van der Waals surface area contributed by atoms with Gasteiger partial charge in [0.2, 0.25) is 3.79 Å². The Morgan fingerprint density at radius 1 is 1.14 bits per heavy atom. The number of halogens is 3. The van der Waals surface area contributed by atoms with Crippen LogP contribution < -0.4 is 0 Å². The fourth-order valence-electron chi connectivity index (χ4n) is 4.41. The lowest BCUT2D eigenvalue weighted by Crippen LogP contribution is -2.61. The summed E-state index contributed by atoms with van der Waals surface area (Å²) >= 11 is 16.7. The van der Waals surface area contributed by atoms with Crippen LogP contribution in [0.3, 0.4) is 0 Å². The first-order valence-electron chi connectivity index (χ1n) is 8.87. The number of amides is 1. The highest BCUT2D eigenvalue weighted by molar-refractivity contribution is 6.67. The maximum Gasteiger partial charge on any atom is 0.410 e. The van der Waals surface area contributed by atoms with Gasteiger partial charge in [-0.1, -0.05) is 41.2 Å². The minimum Gasteiger partial charge on any atom is -0.480 e. The van der Waals surface area contributed by atoms with E-state index in [4.69, 9.17) is 49.0 Å². The van der Waals surface area contributed by atoms with Crippen LogP contribution in [-0.2, 0) is 28.6 Å². The van der Waals surface area contributed by atoms with Gasteiger partial charge < -0.3 is 19.3 Å². The summed E-state index contributed by atoms with van der Waals surface area (Å²) in [6.45, 7) is -0.586. The molecule has 1 aliphatic carbocycles. The lowest BCUT2D eigenvalue weighted by molar-refractivity contribution is -0.184. The standard InChI is InChI=1S/C17H22Cl3NO8/c1-27-13(24)16(14(25)28-2)5-3-4-9-7-21(11(12(22)23)6-10(9)16)15(26)29-8-17(18,19)20/h9-11H,3-8H2,1-2H3,(H,22,23)/t9-,10+,11+/m0/s1. The van der Waals surface area contributed by atoms with Crippen LogP contribution in [0.1, 0.15) is 25.7 Å². The van der Waals surface area contributed by atoms with Crippen molar-refractivity contribution in [1.29, 1.82) is 0 Å². The lowest BCUT2D eigenvalue weighted by atomic mass is 9.58. The number of alkyl halides is 3. The average Bonchev–Trinajstić information content (AvgIpc) is 2.68. The van der Waals surface area contributed by atoms with E-state index >= 15 is 0 Å². The number of carboxylic acid groups (broad SMARTS) is 1. The SMILES string of the molecule is COC(=O)C1(C(=O)OC)CCC[C@H]2CN(C(=O)OCC(Cl)(Cl)Cl)[C@@H](C(=O)O)C[C@H]21. The monoisotopic (exact) mass is 473 g/mol. The van der Waals surface area contributed by atoms with Crippen LogP contribution in [0, 0.1) is 17.3 Å². The number of carboxylic acids is 1. The highest BCUT2D eigenvalue weighted by Crippen LogP contribution is 2.51. The number of carbonyl (C=O) groups is 4. The topological polar surface area (TPSA) is 119 Å². The van der Waals surface area contributed by atoms with Gasteiger partial charge in [-0.25, -0.2) is 9.59 Å². The van der Waals surface area contributed by atoms with E-state index in [9.17, 15) is 24.3 Å². The first-order valence-corrected chi connectivity index (χ1v) is 10.0. The zero-order chi connectivity index (χ0) is 22.0. The molecular weight excluding hydrogens is 453 g/mol. The Labute approximate surface area is 182 Å². The second-order valence-corrected chi connectivity index (χ2v) is 9.64. The number of nitrogens with zero attached hydrogens (tertiary/aromatic N) is 1. The lowest BCUT2D eigenvalue weighted by Gasteiger charge is -2.50. The van der Waals surface area contributed by atoms with Crippen LogP contribution in [0.15, 0.2) is 0 Å². The van der Waals surface area contributed by atoms with Crippen LogP contribution >= 0.6 is 34.8 Å². The van der Waals surface area contributed by atoms with Crippen molar-refractivity contribution >= 4 is 58.8 Å². The summed E-state index contributed by atoms with van der Waals surface area (Å²) in [5, 5.41) is 9.68. The fourth-order valence-corrected chi connectivity index (χ4v) is 4.57. The van der Waals surface area contributed by atoms with Crippen LogP contribution in [0.4, 0.5) is 4.79 Å². The van der Waals surface area contributed by atoms with Crippen molar-refractivity contribution in [2.45, 2.75) is 35.5 Å². The summed E-state index contributed by atoms with van der Waals surface area (Å²) in [7, 11) is 2.32. The van der Waals surface area contributed by atoms with Crippen molar-refractivity contribution in [3.8, 4) is 0 Å². The van der Waals surface area contributed by atoms with Gasteiger partial charge in [0.1, 0.15) is 12.6 Å². The third kappa shape index (κ3) is 4.83. The maximum atomic E-state index is 12.6. The molecule has 1 N–H and O–H groups in total. The molecule has 0 aromatic rings. The zero-order valence-corrected chi connectivity index (χ0v) is 18.1. The maximum absolute atomic E-state index is 12.6. The van der Waals surface area contributed by atoms with Crippen molar-refractivity contribution in [1.82, 2.24) is 4.90 Å². The van der Waals surface area contributed by atoms with Gasteiger partial charge in [0.15, 0.2) is 5.41 Å². The molecular formula is C17H22Cl3NO8. The predicted molar refractivity (Wildman–Crippen MR) is 102 cm³/mol. The van der Waals surface area contributed by atoms with Gasteiger partial charge in [-0.05, 0) is 31.1 Å². The molecule has 2 fully saturated rings. The smallest absolute Gasteiger partial charge is 0.410 e. The number of aliphatic carboxylic acids is 1. The van der Waals surface area contributed by atoms with E-state index < -0.39 is 51.8 Å². The van der Waals surface area contributed by atoms with E-state index in [1.807, 2.05) is 0 Å². The second kappa shape index (κ2) is 9.14.